The van der Waals surface area contributed by atoms with Crippen LogP contribution in [0.1, 0.15) is 57.4 Å². The molecule has 0 amide bonds. The molecule has 0 saturated carbocycles. The van der Waals surface area contributed by atoms with Crippen molar-refractivity contribution in [2.45, 2.75) is 64.1 Å². The normalized spacial score (nSPS) is 14.1. The molecule has 0 heterocycles. The predicted octanol–water partition coefficient (Wildman–Crippen LogP) is 6.09. The standard InChI is InChI=1S/C21H25F3O3/c1-3-4-5-6-7-19(21(22,23)24)27-20(26)14(2)15-8-9-17-13-18(25)11-10-16(17)12-15/h8-14,19,25H,3-7H2,1-2H3/t14-,19-/m0/s1. The molecule has 0 unspecified atom stereocenters. The molecule has 0 aromatic heterocycles. The van der Waals surface area contributed by atoms with Crippen LogP contribution in [-0.2, 0) is 9.53 Å². The first-order valence-corrected chi connectivity index (χ1v) is 9.22. The number of aromatic hydroxyl groups is 1. The molecule has 0 fully saturated rings. The van der Waals surface area contributed by atoms with Gasteiger partial charge in [0.05, 0.1) is 5.92 Å². The molecule has 2 aromatic rings. The second kappa shape index (κ2) is 9.11. The van der Waals surface area contributed by atoms with Crippen molar-refractivity contribution in [3.05, 3.63) is 42.0 Å². The number of fused-ring (bicyclic) bond motifs is 1. The highest BCUT2D eigenvalue weighted by Crippen LogP contribution is 2.30. The summed E-state index contributed by atoms with van der Waals surface area (Å²) >= 11 is 0. The molecule has 0 saturated heterocycles. The van der Waals surface area contributed by atoms with E-state index in [9.17, 15) is 23.1 Å². The number of phenolic OH excluding ortho intramolecular Hbond substituents is 1. The zero-order chi connectivity index (χ0) is 20.0. The summed E-state index contributed by atoms with van der Waals surface area (Å²) in [6, 6.07) is 9.91. The first-order valence-electron chi connectivity index (χ1n) is 9.22. The Hall–Kier alpha value is -2.24. The Kier molecular flexibility index (Phi) is 7.11. The number of esters is 1. The fourth-order valence-corrected chi connectivity index (χ4v) is 2.95. The zero-order valence-corrected chi connectivity index (χ0v) is 15.6. The Labute approximate surface area is 157 Å². The van der Waals surface area contributed by atoms with Gasteiger partial charge >= 0.3 is 12.1 Å². The number of unbranched alkanes of at least 4 members (excludes halogenated alkanes) is 3. The molecule has 6 heteroatoms. The SMILES string of the molecule is CCCCCC[C@H](OC(=O)[C@@H](C)c1ccc2cc(O)ccc2c1)C(F)(F)F. The topological polar surface area (TPSA) is 46.5 Å². The molecule has 0 spiro atoms. The summed E-state index contributed by atoms with van der Waals surface area (Å²) in [6.07, 6.45) is -4.00. The van der Waals surface area contributed by atoms with Crippen LogP contribution in [0.15, 0.2) is 36.4 Å². The van der Waals surface area contributed by atoms with Gasteiger partial charge in [0, 0.05) is 0 Å². The van der Waals surface area contributed by atoms with Crippen LogP contribution in [0.5, 0.6) is 5.75 Å². The minimum Gasteiger partial charge on any atom is -0.508 e. The van der Waals surface area contributed by atoms with Crippen molar-refractivity contribution in [3.8, 4) is 5.75 Å². The second-order valence-electron chi connectivity index (χ2n) is 6.83. The number of halogens is 3. The predicted molar refractivity (Wildman–Crippen MR) is 98.7 cm³/mol. The average Bonchev–Trinajstić information content (AvgIpc) is 2.62. The van der Waals surface area contributed by atoms with E-state index < -0.39 is 24.2 Å². The third kappa shape index (κ3) is 5.88. The monoisotopic (exact) mass is 382 g/mol. The van der Waals surface area contributed by atoms with Crippen molar-refractivity contribution < 1.29 is 27.8 Å². The highest BCUT2D eigenvalue weighted by molar-refractivity contribution is 5.86. The number of phenols is 1. The number of benzene rings is 2. The molecular weight excluding hydrogens is 357 g/mol. The van der Waals surface area contributed by atoms with Gasteiger partial charge in [-0.2, -0.15) is 13.2 Å². The van der Waals surface area contributed by atoms with Gasteiger partial charge in [-0.3, -0.25) is 4.79 Å². The van der Waals surface area contributed by atoms with Gasteiger partial charge < -0.3 is 9.84 Å². The summed E-state index contributed by atoms with van der Waals surface area (Å²) in [4.78, 5) is 12.3. The molecule has 0 aliphatic rings. The molecule has 27 heavy (non-hydrogen) atoms. The van der Waals surface area contributed by atoms with E-state index in [4.69, 9.17) is 4.74 Å². The number of rotatable bonds is 8. The van der Waals surface area contributed by atoms with E-state index in [0.29, 0.717) is 18.4 Å². The minimum absolute atomic E-state index is 0.124. The molecular formula is C21H25F3O3. The summed E-state index contributed by atoms with van der Waals surface area (Å²) in [5, 5.41) is 11.1. The summed E-state index contributed by atoms with van der Waals surface area (Å²) in [5.74, 6) is -1.58. The highest BCUT2D eigenvalue weighted by atomic mass is 19.4. The van der Waals surface area contributed by atoms with Gasteiger partial charge in [0.25, 0.3) is 0 Å². The van der Waals surface area contributed by atoms with Crippen molar-refractivity contribution in [2.75, 3.05) is 0 Å². The van der Waals surface area contributed by atoms with E-state index in [1.54, 1.807) is 30.3 Å². The van der Waals surface area contributed by atoms with Gasteiger partial charge in [-0.1, -0.05) is 50.5 Å². The third-order valence-electron chi connectivity index (χ3n) is 4.64. The summed E-state index contributed by atoms with van der Waals surface area (Å²) in [7, 11) is 0. The Morgan fingerprint density at radius 1 is 1.07 bits per heavy atom. The summed E-state index contributed by atoms with van der Waals surface area (Å²) < 4.78 is 44.4. The molecule has 0 aliphatic heterocycles. The van der Waals surface area contributed by atoms with Gasteiger partial charge in [-0.05, 0) is 48.2 Å². The van der Waals surface area contributed by atoms with Crippen molar-refractivity contribution in [2.24, 2.45) is 0 Å². The number of hydrogen-bond donors (Lipinski definition) is 1. The summed E-state index contributed by atoms with van der Waals surface area (Å²) in [6.45, 7) is 3.52. The Morgan fingerprint density at radius 2 is 1.74 bits per heavy atom. The summed E-state index contributed by atoms with van der Waals surface area (Å²) in [5.41, 5.74) is 0.574. The van der Waals surface area contributed by atoms with Crippen LogP contribution < -0.4 is 0 Å². The molecule has 1 N–H and O–H groups in total. The second-order valence-corrected chi connectivity index (χ2v) is 6.83. The molecule has 3 nitrogen and oxygen atoms in total. The number of alkyl halides is 3. The molecule has 0 bridgehead atoms. The fourth-order valence-electron chi connectivity index (χ4n) is 2.95. The van der Waals surface area contributed by atoms with Crippen molar-refractivity contribution in [1.82, 2.24) is 0 Å². The molecule has 2 rings (SSSR count). The van der Waals surface area contributed by atoms with Crippen molar-refractivity contribution >= 4 is 16.7 Å². The van der Waals surface area contributed by atoms with E-state index in [1.165, 1.54) is 13.0 Å². The molecule has 2 aromatic carbocycles. The number of ether oxygens (including phenoxy) is 1. The minimum atomic E-state index is -4.57. The fraction of sp³-hybridized carbons (Fsp3) is 0.476. The van der Waals surface area contributed by atoms with E-state index in [1.807, 2.05) is 6.92 Å². The van der Waals surface area contributed by atoms with Crippen LogP contribution in [-0.4, -0.2) is 23.4 Å². The van der Waals surface area contributed by atoms with Gasteiger partial charge in [-0.25, -0.2) is 0 Å². The van der Waals surface area contributed by atoms with E-state index in [2.05, 4.69) is 0 Å². The average molecular weight is 382 g/mol. The van der Waals surface area contributed by atoms with Gasteiger partial charge in [-0.15, -0.1) is 0 Å². The first-order chi connectivity index (χ1) is 12.7. The molecule has 0 radical (unpaired) electrons. The van der Waals surface area contributed by atoms with Crippen LogP contribution in [0.3, 0.4) is 0 Å². The lowest BCUT2D eigenvalue weighted by Crippen LogP contribution is -2.35. The van der Waals surface area contributed by atoms with Crippen LogP contribution >= 0.6 is 0 Å². The lowest BCUT2D eigenvalue weighted by molar-refractivity contribution is -0.223. The van der Waals surface area contributed by atoms with Crippen LogP contribution in [0.2, 0.25) is 0 Å². The maximum absolute atomic E-state index is 13.2. The number of hydrogen-bond acceptors (Lipinski definition) is 3. The van der Waals surface area contributed by atoms with E-state index in [-0.39, 0.29) is 12.2 Å². The maximum Gasteiger partial charge on any atom is 0.425 e. The van der Waals surface area contributed by atoms with E-state index in [0.717, 1.165) is 23.6 Å². The number of carbonyl (C=O) groups excluding carboxylic acids is 1. The van der Waals surface area contributed by atoms with Crippen molar-refractivity contribution in [1.29, 1.82) is 0 Å². The first kappa shape index (κ1) is 21.1. The van der Waals surface area contributed by atoms with Gasteiger partial charge in [0.1, 0.15) is 5.75 Å². The Bertz CT molecular complexity index is 771. The smallest absolute Gasteiger partial charge is 0.425 e. The third-order valence-corrected chi connectivity index (χ3v) is 4.64. The Balaban J connectivity index is 2.08. The molecule has 0 aliphatic carbocycles. The lowest BCUT2D eigenvalue weighted by Gasteiger charge is -2.22. The Morgan fingerprint density at radius 3 is 2.41 bits per heavy atom. The highest BCUT2D eigenvalue weighted by Gasteiger charge is 2.42. The van der Waals surface area contributed by atoms with Crippen LogP contribution in [0.25, 0.3) is 10.8 Å². The molecule has 148 valence electrons. The quantitative estimate of drug-likeness (QED) is 0.444. The van der Waals surface area contributed by atoms with Crippen LogP contribution in [0.4, 0.5) is 13.2 Å². The largest absolute Gasteiger partial charge is 0.508 e. The lowest BCUT2D eigenvalue weighted by atomic mass is 9.97. The number of carbonyl (C=O) groups is 1. The van der Waals surface area contributed by atoms with E-state index >= 15 is 0 Å². The van der Waals surface area contributed by atoms with Crippen molar-refractivity contribution in [3.63, 3.8) is 0 Å². The molecule has 2 atom stereocenters. The van der Waals surface area contributed by atoms with Crippen LogP contribution in [0, 0.1) is 0 Å². The van der Waals surface area contributed by atoms with Gasteiger partial charge in [0.2, 0.25) is 0 Å². The van der Waals surface area contributed by atoms with Gasteiger partial charge in [0.15, 0.2) is 6.10 Å². The maximum atomic E-state index is 13.2. The zero-order valence-electron chi connectivity index (χ0n) is 15.6.